The molecule has 6 nitrogen and oxygen atoms in total. The minimum atomic E-state index is -0.329. The summed E-state index contributed by atoms with van der Waals surface area (Å²) in [5.74, 6) is -0.329. The third-order valence-corrected chi connectivity index (χ3v) is 9.38. The first kappa shape index (κ1) is 24.3. The highest BCUT2D eigenvalue weighted by atomic mass is 35.5. The number of nitrogens with one attached hydrogen (secondary N) is 1. The number of thiophene rings is 1. The van der Waals surface area contributed by atoms with Gasteiger partial charge in [-0.1, -0.05) is 65.4 Å². The molecule has 34 heavy (non-hydrogen) atoms. The zero-order valence-corrected chi connectivity index (χ0v) is 22.3. The van der Waals surface area contributed by atoms with E-state index < -0.39 is 0 Å². The van der Waals surface area contributed by atoms with E-state index in [1.807, 2.05) is 11.4 Å². The Morgan fingerprint density at radius 1 is 1.06 bits per heavy atom. The van der Waals surface area contributed by atoms with Crippen molar-refractivity contribution >= 4 is 73.5 Å². The van der Waals surface area contributed by atoms with Crippen LogP contribution in [0.2, 0.25) is 15.2 Å². The Balaban J connectivity index is 1.36. The monoisotopic (exact) mass is 555 g/mol. The Kier molecular flexibility index (Phi) is 7.63. The first-order chi connectivity index (χ1) is 16.5. The molecule has 1 amide bonds. The number of aromatic nitrogens is 2. The second-order valence-electron chi connectivity index (χ2n) is 8.57. The van der Waals surface area contributed by atoms with Crippen molar-refractivity contribution in [2.24, 2.45) is 0 Å². The number of nitrogens with zero attached hydrogens (tertiary/aromatic N) is 4. The zero-order chi connectivity index (χ0) is 23.7. The van der Waals surface area contributed by atoms with Gasteiger partial charge in [0.15, 0.2) is 5.13 Å². The number of thiazole rings is 1. The van der Waals surface area contributed by atoms with Crippen molar-refractivity contribution in [1.29, 1.82) is 0 Å². The van der Waals surface area contributed by atoms with Crippen molar-refractivity contribution < 1.29 is 4.79 Å². The number of amides is 1. The third kappa shape index (κ3) is 5.37. The number of hydrogen-bond donors (Lipinski definition) is 1. The topological polar surface area (TPSA) is 61.4 Å². The van der Waals surface area contributed by atoms with Crippen LogP contribution in [0, 0.1) is 0 Å². The summed E-state index contributed by atoms with van der Waals surface area (Å²) in [6.07, 6.45) is 8.11. The molecule has 180 valence electrons. The molecule has 0 bridgehead atoms. The maximum Gasteiger partial charge on any atom is 0.259 e. The maximum atomic E-state index is 12.8. The first-order valence-corrected chi connectivity index (χ1v) is 14.2. The van der Waals surface area contributed by atoms with Gasteiger partial charge in [-0.2, -0.15) is 0 Å². The lowest BCUT2D eigenvalue weighted by Gasteiger charge is -2.41. The molecule has 3 aromatic rings. The molecular formula is C23H24Cl3N5OS2. The van der Waals surface area contributed by atoms with E-state index in [0.717, 1.165) is 47.8 Å². The van der Waals surface area contributed by atoms with E-state index in [1.54, 1.807) is 11.3 Å². The summed E-state index contributed by atoms with van der Waals surface area (Å²) in [5, 5.41) is 7.48. The molecule has 2 aliphatic rings. The van der Waals surface area contributed by atoms with E-state index in [4.69, 9.17) is 39.8 Å². The van der Waals surface area contributed by atoms with Gasteiger partial charge in [-0.3, -0.25) is 15.0 Å². The molecule has 1 aliphatic carbocycles. The molecule has 3 aromatic heterocycles. The van der Waals surface area contributed by atoms with Gasteiger partial charge in [0.05, 0.1) is 20.5 Å². The zero-order valence-electron chi connectivity index (χ0n) is 18.4. The minimum absolute atomic E-state index is 0.166. The summed E-state index contributed by atoms with van der Waals surface area (Å²) in [4.78, 5) is 27.6. The Labute approximate surface area is 221 Å². The lowest BCUT2D eigenvalue weighted by Crippen LogP contribution is -2.50. The van der Waals surface area contributed by atoms with Crippen molar-refractivity contribution in [1.82, 2.24) is 14.9 Å². The van der Waals surface area contributed by atoms with Crippen LogP contribution in [0.1, 0.15) is 42.5 Å². The van der Waals surface area contributed by atoms with E-state index in [2.05, 4.69) is 20.1 Å². The molecule has 0 aromatic carbocycles. The van der Waals surface area contributed by atoms with Crippen molar-refractivity contribution in [3.63, 3.8) is 0 Å². The van der Waals surface area contributed by atoms with Gasteiger partial charge in [0, 0.05) is 43.8 Å². The van der Waals surface area contributed by atoms with Gasteiger partial charge in [0.2, 0.25) is 0 Å². The molecule has 0 unspecified atom stereocenters. The summed E-state index contributed by atoms with van der Waals surface area (Å²) in [6.45, 7) is 3.97. The molecule has 1 aliphatic heterocycles. The predicted octanol–water partition coefficient (Wildman–Crippen LogP) is 6.93. The molecule has 5 rings (SSSR count). The fourth-order valence-corrected chi connectivity index (χ4v) is 7.05. The van der Waals surface area contributed by atoms with Crippen LogP contribution in [0.25, 0.3) is 10.6 Å². The first-order valence-electron chi connectivity index (χ1n) is 11.3. The third-order valence-electron chi connectivity index (χ3n) is 6.38. The van der Waals surface area contributed by atoms with Crippen LogP contribution in [0.15, 0.2) is 23.7 Å². The Morgan fingerprint density at radius 3 is 2.50 bits per heavy atom. The second-order valence-corrected chi connectivity index (χ2v) is 11.7. The van der Waals surface area contributed by atoms with E-state index in [9.17, 15) is 4.79 Å². The van der Waals surface area contributed by atoms with Crippen LogP contribution in [0.5, 0.6) is 0 Å². The summed E-state index contributed by atoms with van der Waals surface area (Å²) in [6, 6.07) is 4.16. The van der Waals surface area contributed by atoms with Crippen LogP contribution in [-0.4, -0.2) is 53.0 Å². The molecule has 0 spiro atoms. The minimum Gasteiger partial charge on any atom is -0.359 e. The molecule has 2 fully saturated rings. The fourth-order valence-electron chi connectivity index (χ4n) is 4.63. The second kappa shape index (κ2) is 10.7. The number of pyridine rings is 1. The Morgan fingerprint density at radius 2 is 1.82 bits per heavy atom. The van der Waals surface area contributed by atoms with Gasteiger partial charge in [0.1, 0.15) is 15.8 Å². The average Bonchev–Trinajstić information content (AvgIpc) is 3.47. The largest absolute Gasteiger partial charge is 0.359 e. The van der Waals surface area contributed by atoms with Crippen LogP contribution in [-0.2, 0) is 0 Å². The van der Waals surface area contributed by atoms with Crippen LogP contribution < -0.4 is 10.2 Å². The molecule has 1 saturated carbocycles. The maximum absolute atomic E-state index is 12.8. The smallest absolute Gasteiger partial charge is 0.259 e. The average molecular weight is 557 g/mol. The van der Waals surface area contributed by atoms with Gasteiger partial charge >= 0.3 is 0 Å². The van der Waals surface area contributed by atoms with Crippen LogP contribution >= 0.6 is 57.5 Å². The summed E-state index contributed by atoms with van der Waals surface area (Å²) >= 11 is 21.2. The van der Waals surface area contributed by atoms with E-state index in [1.165, 1.54) is 55.7 Å². The number of halogens is 3. The number of carbonyl (C=O) groups is 1. The molecule has 0 radical (unpaired) electrons. The van der Waals surface area contributed by atoms with Crippen LogP contribution in [0.4, 0.5) is 10.1 Å². The lowest BCUT2D eigenvalue weighted by molar-refractivity contribution is 0.102. The molecule has 11 heteroatoms. The van der Waals surface area contributed by atoms with Gasteiger partial charge < -0.3 is 4.90 Å². The SMILES string of the molecule is O=C(Nc1nc(-c2cc(Cl)cs2)c(N2CCN(C3CCCCC3)CC2)s1)c1cnc(Cl)c(Cl)c1. The van der Waals surface area contributed by atoms with Crippen molar-refractivity contribution in [2.75, 3.05) is 36.4 Å². The molecule has 1 N–H and O–H groups in total. The van der Waals surface area contributed by atoms with E-state index in [-0.39, 0.29) is 16.1 Å². The number of piperazine rings is 1. The van der Waals surface area contributed by atoms with Crippen molar-refractivity contribution in [3.05, 3.63) is 44.5 Å². The lowest BCUT2D eigenvalue weighted by atomic mass is 9.94. The van der Waals surface area contributed by atoms with Gasteiger partial charge in [-0.25, -0.2) is 9.97 Å². The highest BCUT2D eigenvalue weighted by molar-refractivity contribution is 7.21. The van der Waals surface area contributed by atoms with E-state index >= 15 is 0 Å². The van der Waals surface area contributed by atoms with Crippen molar-refractivity contribution in [2.45, 2.75) is 38.1 Å². The van der Waals surface area contributed by atoms with Gasteiger partial charge in [0.25, 0.3) is 5.91 Å². The molecular weight excluding hydrogens is 533 g/mol. The Bertz CT molecular complexity index is 1170. The molecule has 1 saturated heterocycles. The molecule has 0 atom stereocenters. The normalized spacial score (nSPS) is 17.8. The summed E-state index contributed by atoms with van der Waals surface area (Å²) in [7, 11) is 0. The van der Waals surface area contributed by atoms with Gasteiger partial charge in [-0.05, 0) is 25.0 Å². The van der Waals surface area contributed by atoms with E-state index in [0.29, 0.717) is 15.7 Å². The number of hydrogen-bond acceptors (Lipinski definition) is 7. The van der Waals surface area contributed by atoms with Crippen molar-refractivity contribution in [3.8, 4) is 10.6 Å². The fraction of sp³-hybridized carbons (Fsp3) is 0.435. The summed E-state index contributed by atoms with van der Waals surface area (Å²) in [5.41, 5.74) is 1.18. The quantitative estimate of drug-likeness (QED) is 0.345. The number of carbonyl (C=O) groups excluding carboxylic acids is 1. The van der Waals surface area contributed by atoms with Gasteiger partial charge in [-0.15, -0.1) is 11.3 Å². The standard InChI is InChI=1S/C23H24Cl3N5OS2/c24-15-11-18(33-13-15)19-22(31-8-6-30(7-9-31)16-4-2-1-3-5-16)34-23(28-19)29-21(32)14-10-17(25)20(26)27-12-14/h10-13,16H,1-9H2,(H,28,29,32). The number of rotatable bonds is 5. The Hall–Kier alpha value is -1.42. The highest BCUT2D eigenvalue weighted by Crippen LogP contribution is 2.42. The summed E-state index contributed by atoms with van der Waals surface area (Å²) < 4.78 is 0. The molecule has 4 heterocycles. The highest BCUT2D eigenvalue weighted by Gasteiger charge is 2.28. The number of anilines is 2. The van der Waals surface area contributed by atoms with Crippen LogP contribution in [0.3, 0.4) is 0 Å². The predicted molar refractivity (Wildman–Crippen MR) is 143 cm³/mol.